The first-order chi connectivity index (χ1) is 17.5. The molecule has 2 amide bonds. The van der Waals surface area contributed by atoms with Crippen LogP contribution in [0.2, 0.25) is 0 Å². The Morgan fingerprint density at radius 1 is 1.08 bits per heavy atom. The number of carbonyl (C=O) groups excluding carboxylic acids is 2. The second-order valence-electron chi connectivity index (χ2n) is 10.8. The van der Waals surface area contributed by atoms with Gasteiger partial charge in [-0.3, -0.25) is 9.59 Å². The van der Waals surface area contributed by atoms with Crippen LogP contribution in [-0.4, -0.2) is 37.0 Å². The number of hydrogen-bond donors (Lipinski definition) is 2. The summed E-state index contributed by atoms with van der Waals surface area (Å²) in [6, 6.07) is 7.27. The zero-order chi connectivity index (χ0) is 25.5. The maximum atomic E-state index is 13.9. The van der Waals surface area contributed by atoms with Gasteiger partial charge in [0.25, 0.3) is 5.91 Å². The van der Waals surface area contributed by atoms with Gasteiger partial charge in [-0.2, -0.15) is 0 Å². The van der Waals surface area contributed by atoms with E-state index in [2.05, 4.69) is 10.6 Å². The number of amides is 2. The fourth-order valence-corrected chi connectivity index (χ4v) is 6.24. The topological polar surface area (TPSA) is 61.4 Å². The minimum Gasteiger partial charge on any atom is -0.339 e. The zero-order valence-corrected chi connectivity index (χ0v) is 22.3. The molecule has 1 unspecified atom stereocenters. The molecular formula is C31H43N3O2. The number of anilines is 1. The molecule has 5 nitrogen and oxygen atoms in total. The van der Waals surface area contributed by atoms with E-state index in [1.807, 2.05) is 62.4 Å². The van der Waals surface area contributed by atoms with Gasteiger partial charge in [0.1, 0.15) is 6.04 Å². The predicted octanol–water partition coefficient (Wildman–Crippen LogP) is 5.93. The lowest BCUT2D eigenvalue weighted by molar-refractivity contribution is -0.131. The Labute approximate surface area is 217 Å². The standard InChI is InChI=1S/C31H43N3O2/c1-4-5-7-16-25-23(2)28(29(35)34(3)27-18-11-10-17-26(25)27)33-30(36)31(20-12-13-21-31)32-22-19-24-14-8-6-9-15-24/h4-5,7,10-11,16-18,24,28,32H,6,8-9,12-15,19-22H2,1-3H3,(H,33,36)/b5-4-,16-7-. The molecule has 0 bridgehead atoms. The lowest BCUT2D eigenvalue weighted by Gasteiger charge is -2.33. The third kappa shape index (κ3) is 5.67. The number of rotatable bonds is 8. The van der Waals surface area contributed by atoms with Gasteiger partial charge in [-0.05, 0) is 62.8 Å². The Hall–Kier alpha value is -2.66. The molecule has 1 heterocycles. The van der Waals surface area contributed by atoms with Crippen molar-refractivity contribution in [3.05, 3.63) is 59.7 Å². The van der Waals surface area contributed by atoms with Crippen LogP contribution in [0.4, 0.5) is 5.69 Å². The number of benzene rings is 1. The average Bonchev–Trinajstić information content (AvgIpc) is 3.37. The fraction of sp³-hybridized carbons (Fsp3) is 0.548. The molecule has 1 aromatic rings. The molecule has 2 fully saturated rings. The highest BCUT2D eigenvalue weighted by molar-refractivity contribution is 6.07. The normalized spacial score (nSPS) is 22.9. The highest BCUT2D eigenvalue weighted by Gasteiger charge is 2.43. The SMILES string of the molecule is C/C=C\C=C/C1=C(C)C(NC(=O)C2(NCCC3CCCCC3)CCCC2)C(=O)N(C)c2ccccc21. The summed E-state index contributed by atoms with van der Waals surface area (Å²) < 4.78 is 0. The van der Waals surface area contributed by atoms with Crippen molar-refractivity contribution in [3.63, 3.8) is 0 Å². The molecule has 1 aromatic carbocycles. The quantitative estimate of drug-likeness (QED) is 0.445. The van der Waals surface area contributed by atoms with Gasteiger partial charge in [-0.25, -0.2) is 0 Å². The van der Waals surface area contributed by atoms with Gasteiger partial charge in [0.2, 0.25) is 5.91 Å². The van der Waals surface area contributed by atoms with Gasteiger partial charge in [0.05, 0.1) is 11.2 Å². The summed E-state index contributed by atoms with van der Waals surface area (Å²) in [6.07, 6.45) is 19.6. The smallest absolute Gasteiger partial charge is 0.253 e. The number of likely N-dealkylation sites (N-methyl/N-ethyl adjacent to an activating group) is 1. The molecule has 5 heteroatoms. The lowest BCUT2D eigenvalue weighted by atomic mass is 9.86. The first-order valence-electron chi connectivity index (χ1n) is 13.9. The second kappa shape index (κ2) is 12.1. The lowest BCUT2D eigenvalue weighted by Crippen LogP contribution is -2.60. The summed E-state index contributed by atoms with van der Waals surface area (Å²) >= 11 is 0. The van der Waals surface area contributed by atoms with Crippen LogP contribution in [0.15, 0.2) is 54.1 Å². The molecule has 2 saturated carbocycles. The minimum atomic E-state index is -0.697. The van der Waals surface area contributed by atoms with E-state index in [9.17, 15) is 9.59 Å². The number of para-hydroxylation sites is 1. The Morgan fingerprint density at radius 3 is 2.53 bits per heavy atom. The molecule has 2 N–H and O–H groups in total. The highest BCUT2D eigenvalue weighted by atomic mass is 16.2. The van der Waals surface area contributed by atoms with Gasteiger partial charge >= 0.3 is 0 Å². The van der Waals surface area contributed by atoms with E-state index >= 15 is 0 Å². The maximum Gasteiger partial charge on any atom is 0.253 e. The van der Waals surface area contributed by atoms with Gasteiger partial charge in [0.15, 0.2) is 0 Å². The van der Waals surface area contributed by atoms with Crippen molar-refractivity contribution < 1.29 is 9.59 Å². The largest absolute Gasteiger partial charge is 0.339 e. The first-order valence-corrected chi connectivity index (χ1v) is 13.9. The number of hydrogen-bond acceptors (Lipinski definition) is 3. The van der Waals surface area contributed by atoms with E-state index in [1.165, 1.54) is 32.1 Å². The summed E-state index contributed by atoms with van der Waals surface area (Å²) in [5.41, 5.74) is 3.15. The van der Waals surface area contributed by atoms with Crippen LogP contribution >= 0.6 is 0 Å². The van der Waals surface area contributed by atoms with Crippen molar-refractivity contribution in [2.45, 2.75) is 89.6 Å². The third-order valence-electron chi connectivity index (χ3n) is 8.47. The summed E-state index contributed by atoms with van der Waals surface area (Å²) in [7, 11) is 1.81. The first kappa shape index (κ1) is 26.4. The summed E-state index contributed by atoms with van der Waals surface area (Å²) in [6.45, 7) is 4.83. The summed E-state index contributed by atoms with van der Waals surface area (Å²) in [4.78, 5) is 29.3. The Kier molecular flexibility index (Phi) is 8.84. The van der Waals surface area contributed by atoms with E-state index in [0.29, 0.717) is 0 Å². The van der Waals surface area contributed by atoms with Crippen molar-refractivity contribution in [2.75, 3.05) is 18.5 Å². The molecule has 4 rings (SSSR count). The fourth-order valence-electron chi connectivity index (χ4n) is 6.24. The van der Waals surface area contributed by atoms with Crippen LogP contribution in [0.3, 0.4) is 0 Å². The highest BCUT2D eigenvalue weighted by Crippen LogP contribution is 2.36. The van der Waals surface area contributed by atoms with Crippen LogP contribution in [-0.2, 0) is 9.59 Å². The third-order valence-corrected chi connectivity index (χ3v) is 8.47. The van der Waals surface area contributed by atoms with E-state index in [-0.39, 0.29) is 11.8 Å². The van der Waals surface area contributed by atoms with Gasteiger partial charge in [0, 0.05) is 12.6 Å². The molecule has 1 aliphatic heterocycles. The van der Waals surface area contributed by atoms with Gasteiger partial charge in [-0.1, -0.05) is 87.4 Å². The van der Waals surface area contributed by atoms with E-state index in [1.54, 1.807) is 11.9 Å². The van der Waals surface area contributed by atoms with Crippen molar-refractivity contribution in [1.29, 1.82) is 0 Å². The van der Waals surface area contributed by atoms with Gasteiger partial charge < -0.3 is 15.5 Å². The van der Waals surface area contributed by atoms with Crippen LogP contribution in [0, 0.1) is 5.92 Å². The number of carbonyl (C=O) groups is 2. The van der Waals surface area contributed by atoms with Crippen LogP contribution in [0.5, 0.6) is 0 Å². The molecule has 1 atom stereocenters. The number of fused-ring (bicyclic) bond motifs is 1. The van der Waals surface area contributed by atoms with Crippen LogP contribution in [0.25, 0.3) is 5.57 Å². The Balaban J connectivity index is 1.57. The summed E-state index contributed by atoms with van der Waals surface area (Å²) in [5, 5.41) is 6.90. The molecule has 3 aliphatic rings. The summed E-state index contributed by atoms with van der Waals surface area (Å²) in [5.74, 6) is 0.649. The Bertz CT molecular complexity index is 1030. The second-order valence-corrected chi connectivity index (χ2v) is 10.8. The maximum absolute atomic E-state index is 13.9. The van der Waals surface area contributed by atoms with E-state index < -0.39 is 11.6 Å². The number of nitrogens with zero attached hydrogens (tertiary/aromatic N) is 1. The molecule has 0 aromatic heterocycles. The number of nitrogens with one attached hydrogen (secondary N) is 2. The monoisotopic (exact) mass is 489 g/mol. The molecule has 2 aliphatic carbocycles. The van der Waals surface area contributed by atoms with Gasteiger partial charge in [-0.15, -0.1) is 0 Å². The molecule has 194 valence electrons. The molecule has 0 saturated heterocycles. The molecular weight excluding hydrogens is 446 g/mol. The molecule has 36 heavy (non-hydrogen) atoms. The Morgan fingerprint density at radius 2 is 1.81 bits per heavy atom. The van der Waals surface area contributed by atoms with E-state index in [0.717, 1.165) is 67.0 Å². The van der Waals surface area contributed by atoms with Crippen LogP contribution < -0.4 is 15.5 Å². The average molecular weight is 490 g/mol. The molecule has 0 spiro atoms. The van der Waals surface area contributed by atoms with E-state index in [4.69, 9.17) is 0 Å². The van der Waals surface area contributed by atoms with Crippen molar-refractivity contribution in [3.8, 4) is 0 Å². The van der Waals surface area contributed by atoms with Crippen molar-refractivity contribution in [1.82, 2.24) is 10.6 Å². The predicted molar refractivity (Wildman–Crippen MR) is 149 cm³/mol. The van der Waals surface area contributed by atoms with Crippen molar-refractivity contribution in [2.24, 2.45) is 5.92 Å². The minimum absolute atomic E-state index is 0.0301. The van der Waals surface area contributed by atoms with Crippen molar-refractivity contribution >= 4 is 23.1 Å². The zero-order valence-electron chi connectivity index (χ0n) is 22.3. The number of allylic oxidation sites excluding steroid dienone is 5. The van der Waals surface area contributed by atoms with Crippen LogP contribution in [0.1, 0.15) is 83.6 Å². The molecule has 0 radical (unpaired) electrons.